The van der Waals surface area contributed by atoms with Gasteiger partial charge in [0.15, 0.2) is 0 Å². The molecule has 35 heavy (non-hydrogen) atoms. The zero-order valence-corrected chi connectivity index (χ0v) is 22.8. The normalized spacial score (nSPS) is 12.9. The lowest BCUT2D eigenvalue weighted by Gasteiger charge is -2.10. The Kier molecular flexibility index (Phi) is 8.35. The molecule has 1 heterocycles. The fraction of sp³-hybridized carbons (Fsp3) is 0.192. The van der Waals surface area contributed by atoms with Gasteiger partial charge in [0.05, 0.1) is 19.2 Å². The minimum atomic E-state index is -0.530. The molecule has 0 aliphatic heterocycles. The summed E-state index contributed by atoms with van der Waals surface area (Å²) >= 11 is 15.6. The van der Waals surface area contributed by atoms with E-state index in [0.717, 1.165) is 45.3 Å². The van der Waals surface area contributed by atoms with Crippen LogP contribution in [-0.2, 0) is 24.2 Å². The Morgan fingerprint density at radius 3 is 2.66 bits per heavy atom. The minimum Gasteiger partial charge on any atom is -0.488 e. The maximum absolute atomic E-state index is 12.8. The van der Waals surface area contributed by atoms with Crippen molar-refractivity contribution < 1.29 is 9.53 Å². The van der Waals surface area contributed by atoms with E-state index in [0.29, 0.717) is 38.5 Å². The number of benzene rings is 2. The van der Waals surface area contributed by atoms with E-state index >= 15 is 0 Å². The summed E-state index contributed by atoms with van der Waals surface area (Å²) in [7, 11) is 0. The fourth-order valence-electron chi connectivity index (χ4n) is 3.77. The van der Waals surface area contributed by atoms with Gasteiger partial charge in [-0.15, -0.1) is 11.3 Å². The molecule has 0 atom stereocenters. The van der Waals surface area contributed by atoms with Crippen LogP contribution in [-0.4, -0.2) is 5.91 Å². The van der Waals surface area contributed by atoms with Crippen molar-refractivity contribution in [3.63, 3.8) is 0 Å². The fourth-order valence-corrected chi connectivity index (χ4v) is 6.02. The molecule has 0 saturated heterocycles. The number of ether oxygens (including phenoxy) is 1. The highest BCUT2D eigenvalue weighted by Crippen LogP contribution is 2.38. The van der Waals surface area contributed by atoms with Crippen LogP contribution in [0, 0.1) is 26.2 Å². The van der Waals surface area contributed by atoms with Gasteiger partial charge in [-0.1, -0.05) is 35.3 Å². The largest absolute Gasteiger partial charge is 0.488 e. The lowest BCUT2D eigenvalue weighted by molar-refractivity contribution is -0.112. The van der Waals surface area contributed by atoms with E-state index in [-0.39, 0.29) is 5.57 Å². The molecule has 1 aliphatic rings. The smallest absolute Gasteiger partial charge is 0.266 e. The molecular formula is C26H18Cl2IN3O2S. The Labute approximate surface area is 231 Å². The summed E-state index contributed by atoms with van der Waals surface area (Å²) in [4.78, 5) is 14.0. The Bertz CT molecular complexity index is 1420. The number of carbonyl (C=O) groups excluding carboxylic acids is 1. The summed E-state index contributed by atoms with van der Waals surface area (Å²) in [6.07, 6.45) is 5.43. The first-order chi connectivity index (χ1) is 16.9. The molecule has 0 fully saturated rings. The molecule has 4 rings (SSSR count). The summed E-state index contributed by atoms with van der Waals surface area (Å²) in [6, 6.07) is 14.9. The number of carbonyl (C=O) groups is 1. The van der Waals surface area contributed by atoms with Crippen LogP contribution in [0.4, 0.5) is 5.00 Å². The van der Waals surface area contributed by atoms with Crippen molar-refractivity contribution in [2.45, 2.75) is 32.3 Å². The van der Waals surface area contributed by atoms with Crippen molar-refractivity contribution in [3.05, 3.63) is 82.7 Å². The van der Waals surface area contributed by atoms with Gasteiger partial charge in [0.1, 0.15) is 35.1 Å². The predicted molar refractivity (Wildman–Crippen MR) is 148 cm³/mol. The second-order valence-corrected chi connectivity index (χ2v) is 11.0. The highest BCUT2D eigenvalue weighted by atomic mass is 127. The van der Waals surface area contributed by atoms with E-state index in [1.165, 1.54) is 17.4 Å². The predicted octanol–water partition coefficient (Wildman–Crippen LogP) is 7.53. The molecule has 0 saturated carbocycles. The van der Waals surface area contributed by atoms with E-state index in [2.05, 4.69) is 34.0 Å². The second-order valence-electron chi connectivity index (χ2n) is 7.88. The quantitative estimate of drug-likeness (QED) is 0.173. The van der Waals surface area contributed by atoms with Crippen LogP contribution in [0.5, 0.6) is 5.75 Å². The van der Waals surface area contributed by atoms with Gasteiger partial charge in [-0.25, -0.2) is 0 Å². The standard InChI is InChI=1S/C26H18Cl2IN3O2S/c27-20-7-5-16(10-21(20)28)14-34-23-8-6-15(11-22(23)29)9-17(12-30)25(33)32-26-19(13-31)18-3-1-2-4-24(18)35-26/h5-11H,1-4,14H2,(H,32,33)/b17-9+. The second kappa shape index (κ2) is 11.5. The molecule has 1 aliphatic carbocycles. The average Bonchev–Trinajstić information content (AvgIpc) is 3.20. The molecule has 3 aromatic rings. The summed E-state index contributed by atoms with van der Waals surface area (Å²) in [5.74, 6) is 0.136. The number of aryl methyl sites for hydroxylation is 1. The van der Waals surface area contributed by atoms with E-state index in [4.69, 9.17) is 27.9 Å². The van der Waals surface area contributed by atoms with Gasteiger partial charge in [0.25, 0.3) is 5.91 Å². The van der Waals surface area contributed by atoms with Gasteiger partial charge < -0.3 is 10.1 Å². The Morgan fingerprint density at radius 2 is 1.94 bits per heavy atom. The Morgan fingerprint density at radius 1 is 1.14 bits per heavy atom. The molecule has 1 N–H and O–H groups in total. The number of nitrogens with one attached hydrogen (secondary N) is 1. The van der Waals surface area contributed by atoms with Crippen LogP contribution in [0.3, 0.4) is 0 Å². The number of rotatable bonds is 6. The van der Waals surface area contributed by atoms with E-state index in [1.54, 1.807) is 24.3 Å². The maximum Gasteiger partial charge on any atom is 0.266 e. The Hall–Kier alpha value is -2.56. The van der Waals surface area contributed by atoms with Crippen LogP contribution in [0.2, 0.25) is 10.0 Å². The number of hydrogen-bond donors (Lipinski definition) is 1. The van der Waals surface area contributed by atoms with Crippen molar-refractivity contribution in [2.75, 3.05) is 5.32 Å². The van der Waals surface area contributed by atoms with Crippen LogP contribution in [0.1, 0.15) is 40.0 Å². The van der Waals surface area contributed by atoms with Crippen LogP contribution >= 0.6 is 57.1 Å². The number of thiophene rings is 1. The molecule has 0 radical (unpaired) electrons. The van der Waals surface area contributed by atoms with Crippen molar-refractivity contribution in [1.82, 2.24) is 0 Å². The monoisotopic (exact) mass is 633 g/mol. The number of hydrogen-bond acceptors (Lipinski definition) is 5. The lowest BCUT2D eigenvalue weighted by Crippen LogP contribution is -2.13. The number of fused-ring (bicyclic) bond motifs is 1. The number of nitriles is 2. The molecule has 0 spiro atoms. The molecule has 1 amide bonds. The van der Waals surface area contributed by atoms with Crippen LogP contribution in [0.15, 0.2) is 42.0 Å². The molecular weight excluding hydrogens is 616 g/mol. The average molecular weight is 634 g/mol. The number of halogens is 3. The van der Waals surface area contributed by atoms with E-state index < -0.39 is 5.91 Å². The van der Waals surface area contributed by atoms with Crippen molar-refractivity contribution in [1.29, 1.82) is 10.5 Å². The lowest BCUT2D eigenvalue weighted by atomic mass is 9.96. The molecule has 2 aromatic carbocycles. The van der Waals surface area contributed by atoms with Crippen LogP contribution < -0.4 is 10.1 Å². The van der Waals surface area contributed by atoms with E-state index in [1.807, 2.05) is 18.2 Å². The first-order valence-electron chi connectivity index (χ1n) is 10.7. The highest BCUT2D eigenvalue weighted by molar-refractivity contribution is 14.1. The zero-order valence-electron chi connectivity index (χ0n) is 18.3. The SMILES string of the molecule is N#C/C(=C\c1ccc(OCc2ccc(Cl)c(Cl)c2)c(I)c1)C(=O)Nc1sc2c(c1C#N)CCCC2. The van der Waals surface area contributed by atoms with Crippen molar-refractivity contribution in [2.24, 2.45) is 0 Å². The van der Waals surface area contributed by atoms with Gasteiger partial charge >= 0.3 is 0 Å². The van der Waals surface area contributed by atoms with Gasteiger partial charge in [-0.2, -0.15) is 10.5 Å². The Balaban J connectivity index is 1.48. The van der Waals surface area contributed by atoms with Crippen LogP contribution in [0.25, 0.3) is 6.08 Å². The highest BCUT2D eigenvalue weighted by Gasteiger charge is 2.22. The number of amides is 1. The third kappa shape index (κ3) is 5.99. The molecule has 1 aromatic heterocycles. The molecule has 0 unspecified atom stereocenters. The summed E-state index contributed by atoms with van der Waals surface area (Å²) < 4.78 is 6.72. The molecule has 176 valence electrons. The third-order valence-corrected chi connectivity index (χ3v) is 8.31. The summed E-state index contributed by atoms with van der Waals surface area (Å²) in [5.41, 5.74) is 3.09. The van der Waals surface area contributed by atoms with Gasteiger partial charge in [-0.05, 0) is 95.3 Å². The summed E-state index contributed by atoms with van der Waals surface area (Å²) in [6.45, 7) is 0.319. The summed E-state index contributed by atoms with van der Waals surface area (Å²) in [5, 5.41) is 23.5. The number of nitrogens with zero attached hydrogens (tertiary/aromatic N) is 2. The zero-order chi connectivity index (χ0) is 24.9. The first-order valence-corrected chi connectivity index (χ1v) is 13.4. The van der Waals surface area contributed by atoms with Gasteiger partial charge in [0, 0.05) is 4.88 Å². The van der Waals surface area contributed by atoms with E-state index in [9.17, 15) is 15.3 Å². The molecule has 0 bridgehead atoms. The minimum absolute atomic E-state index is 0.0412. The molecule has 5 nitrogen and oxygen atoms in total. The topological polar surface area (TPSA) is 85.9 Å². The van der Waals surface area contributed by atoms with Crippen molar-refractivity contribution in [3.8, 4) is 17.9 Å². The van der Waals surface area contributed by atoms with Crippen molar-refractivity contribution >= 4 is 74.1 Å². The first kappa shape index (κ1) is 25.5. The maximum atomic E-state index is 12.8. The number of anilines is 1. The molecule has 9 heteroatoms. The van der Waals surface area contributed by atoms with Gasteiger partial charge in [0.2, 0.25) is 0 Å². The van der Waals surface area contributed by atoms with Gasteiger partial charge in [-0.3, -0.25) is 4.79 Å². The third-order valence-electron chi connectivity index (χ3n) is 5.52.